The van der Waals surface area contributed by atoms with E-state index in [0.29, 0.717) is 12.3 Å². The first kappa shape index (κ1) is 20.2. The second-order valence-electron chi connectivity index (χ2n) is 8.59. The second kappa shape index (κ2) is 8.09. The summed E-state index contributed by atoms with van der Waals surface area (Å²) in [6, 6.07) is 10.9. The van der Waals surface area contributed by atoms with E-state index in [1.165, 1.54) is 37.9 Å². The molecule has 7 nitrogen and oxygen atoms in total. The average molecular weight is 438 g/mol. The van der Waals surface area contributed by atoms with E-state index >= 15 is 0 Å². The number of hydrogen-bond acceptors (Lipinski definition) is 5. The number of likely N-dealkylation sites (tertiary alicyclic amines) is 1. The van der Waals surface area contributed by atoms with Gasteiger partial charge in [0, 0.05) is 48.1 Å². The summed E-state index contributed by atoms with van der Waals surface area (Å²) in [6.45, 7) is 3.40. The first-order valence-corrected chi connectivity index (χ1v) is 12.6. The maximum absolute atomic E-state index is 11.6. The number of nitrogens with one attached hydrogen (secondary N) is 2. The molecule has 1 atom stereocenters. The third-order valence-electron chi connectivity index (χ3n) is 6.14. The zero-order valence-corrected chi connectivity index (χ0v) is 18.5. The SMILES string of the molecule is CS(=O)(=O)N=C1CC2C(=CN1)Nc1ncc(-c3ccc(CN4CCCCC4)cc3)cc12. The van der Waals surface area contributed by atoms with Crippen LogP contribution in [0, 0.1) is 0 Å². The molecule has 0 aliphatic carbocycles. The Kier molecular flexibility index (Phi) is 5.27. The lowest BCUT2D eigenvalue weighted by atomic mass is 9.92. The van der Waals surface area contributed by atoms with E-state index in [-0.39, 0.29) is 5.92 Å². The van der Waals surface area contributed by atoms with Crippen molar-refractivity contribution < 1.29 is 8.42 Å². The summed E-state index contributed by atoms with van der Waals surface area (Å²) in [4.78, 5) is 7.16. The van der Waals surface area contributed by atoms with Crippen molar-refractivity contribution in [2.75, 3.05) is 24.7 Å². The fourth-order valence-electron chi connectivity index (χ4n) is 4.61. The summed E-state index contributed by atoms with van der Waals surface area (Å²) < 4.78 is 26.9. The van der Waals surface area contributed by atoms with Gasteiger partial charge >= 0.3 is 0 Å². The van der Waals surface area contributed by atoms with Crippen LogP contribution in [0.3, 0.4) is 0 Å². The van der Waals surface area contributed by atoms with Gasteiger partial charge in [-0.1, -0.05) is 30.7 Å². The molecule has 3 aliphatic rings. The number of anilines is 1. The lowest BCUT2D eigenvalue weighted by molar-refractivity contribution is 0.221. The van der Waals surface area contributed by atoms with Gasteiger partial charge < -0.3 is 10.6 Å². The first-order valence-electron chi connectivity index (χ1n) is 10.8. The number of fused-ring (bicyclic) bond motifs is 3. The number of nitrogens with zero attached hydrogens (tertiary/aromatic N) is 3. The van der Waals surface area contributed by atoms with Crippen LogP contribution in [-0.2, 0) is 16.6 Å². The van der Waals surface area contributed by atoms with Crippen LogP contribution >= 0.6 is 0 Å². The van der Waals surface area contributed by atoms with Gasteiger partial charge in [-0.05, 0) is 43.1 Å². The number of pyridine rings is 1. The predicted octanol–water partition coefficient (Wildman–Crippen LogP) is 3.44. The molecule has 31 heavy (non-hydrogen) atoms. The van der Waals surface area contributed by atoms with Gasteiger partial charge in [-0.2, -0.15) is 4.40 Å². The number of amidine groups is 1. The van der Waals surface area contributed by atoms with Gasteiger partial charge in [0.15, 0.2) is 0 Å². The molecule has 162 valence electrons. The summed E-state index contributed by atoms with van der Waals surface area (Å²) in [5.74, 6) is 1.31. The number of rotatable bonds is 4. The van der Waals surface area contributed by atoms with Gasteiger partial charge in [-0.25, -0.2) is 13.4 Å². The van der Waals surface area contributed by atoms with E-state index in [0.717, 1.165) is 41.0 Å². The Morgan fingerprint density at radius 1 is 1.13 bits per heavy atom. The quantitative estimate of drug-likeness (QED) is 0.762. The highest BCUT2D eigenvalue weighted by molar-refractivity contribution is 7.89. The van der Waals surface area contributed by atoms with Gasteiger partial charge in [0.1, 0.15) is 11.7 Å². The highest BCUT2D eigenvalue weighted by Crippen LogP contribution is 2.42. The van der Waals surface area contributed by atoms with E-state index in [2.05, 4.69) is 55.2 Å². The van der Waals surface area contributed by atoms with Crippen LogP contribution in [-0.4, -0.2) is 43.5 Å². The van der Waals surface area contributed by atoms with Crippen molar-refractivity contribution in [3.8, 4) is 11.1 Å². The van der Waals surface area contributed by atoms with Crippen LogP contribution in [0.5, 0.6) is 0 Å². The Balaban J connectivity index is 1.36. The standard InChI is InChI=1S/C23H27N5O2S/c1-31(29,30)27-22-12-19-20-11-18(13-25-23(20)26-21(19)14-24-22)17-7-5-16(6-8-17)15-28-9-3-2-4-10-28/h5-8,11,13-14,19H,2-4,9-10,12,15H2,1H3,(H,24,27)(H,25,26). The monoisotopic (exact) mass is 437 g/mol. The Morgan fingerprint density at radius 2 is 1.90 bits per heavy atom. The maximum atomic E-state index is 11.6. The normalized spacial score (nSPS) is 22.3. The first-order chi connectivity index (χ1) is 14.9. The number of benzene rings is 1. The smallest absolute Gasteiger partial charge is 0.251 e. The van der Waals surface area contributed by atoms with Crippen LogP contribution in [0.15, 0.2) is 52.8 Å². The van der Waals surface area contributed by atoms with Crippen molar-refractivity contribution in [3.05, 3.63) is 59.6 Å². The Morgan fingerprint density at radius 3 is 2.65 bits per heavy atom. The molecule has 1 aromatic carbocycles. The molecule has 3 aliphatic heterocycles. The van der Waals surface area contributed by atoms with Gasteiger partial charge in [0.2, 0.25) is 0 Å². The van der Waals surface area contributed by atoms with E-state index in [1.54, 1.807) is 6.20 Å². The zero-order valence-electron chi connectivity index (χ0n) is 17.6. The second-order valence-corrected chi connectivity index (χ2v) is 10.2. The van der Waals surface area contributed by atoms with Crippen LogP contribution < -0.4 is 10.6 Å². The lowest BCUT2D eigenvalue weighted by Crippen LogP contribution is -2.28. The third kappa shape index (κ3) is 4.50. The molecule has 5 rings (SSSR count). The highest BCUT2D eigenvalue weighted by atomic mass is 32.2. The minimum Gasteiger partial charge on any atom is -0.348 e. The minimum atomic E-state index is -3.44. The van der Waals surface area contributed by atoms with Gasteiger partial charge in [0.25, 0.3) is 10.0 Å². The lowest BCUT2D eigenvalue weighted by Gasteiger charge is -2.26. The number of aromatic nitrogens is 1. The van der Waals surface area contributed by atoms with Crippen LogP contribution in [0.25, 0.3) is 11.1 Å². The van der Waals surface area contributed by atoms with E-state index < -0.39 is 10.0 Å². The highest BCUT2D eigenvalue weighted by Gasteiger charge is 2.32. The molecule has 2 aromatic rings. The summed E-state index contributed by atoms with van der Waals surface area (Å²) in [5, 5.41) is 6.31. The zero-order chi connectivity index (χ0) is 21.4. The molecule has 1 aromatic heterocycles. The molecule has 0 spiro atoms. The van der Waals surface area contributed by atoms with Crippen molar-refractivity contribution in [3.63, 3.8) is 0 Å². The van der Waals surface area contributed by atoms with Crippen molar-refractivity contribution >= 4 is 21.7 Å². The molecule has 0 amide bonds. The summed E-state index contributed by atoms with van der Waals surface area (Å²) in [5.41, 5.74) is 5.60. The fraction of sp³-hybridized carbons (Fsp3) is 0.391. The van der Waals surface area contributed by atoms with Gasteiger partial charge in [0.05, 0.1) is 6.26 Å². The topological polar surface area (TPSA) is 86.7 Å². The molecule has 0 radical (unpaired) electrons. The third-order valence-corrected chi connectivity index (χ3v) is 6.69. The molecule has 1 unspecified atom stereocenters. The number of allylic oxidation sites excluding steroid dienone is 1. The number of hydrogen-bond donors (Lipinski definition) is 2. The fourth-order valence-corrected chi connectivity index (χ4v) is 5.14. The summed E-state index contributed by atoms with van der Waals surface area (Å²) in [7, 11) is -3.44. The predicted molar refractivity (Wildman–Crippen MR) is 123 cm³/mol. The van der Waals surface area contributed by atoms with Crippen LogP contribution in [0.4, 0.5) is 5.82 Å². The number of piperidine rings is 1. The number of sulfonamides is 1. The Labute approximate surface area is 183 Å². The van der Waals surface area contributed by atoms with Crippen molar-refractivity contribution in [2.24, 2.45) is 4.40 Å². The molecular weight excluding hydrogens is 410 g/mol. The molecule has 1 fully saturated rings. The van der Waals surface area contributed by atoms with Crippen LogP contribution in [0.1, 0.15) is 42.7 Å². The summed E-state index contributed by atoms with van der Waals surface area (Å²) in [6.07, 6.45) is 9.24. The maximum Gasteiger partial charge on any atom is 0.251 e. The molecule has 8 heteroatoms. The van der Waals surface area contributed by atoms with E-state index in [1.807, 2.05) is 6.20 Å². The Hall–Kier alpha value is -2.71. The molecule has 2 N–H and O–H groups in total. The average Bonchev–Trinajstić information content (AvgIpc) is 3.11. The van der Waals surface area contributed by atoms with Gasteiger partial charge in [-0.3, -0.25) is 4.90 Å². The molecular formula is C23H27N5O2S. The van der Waals surface area contributed by atoms with Crippen molar-refractivity contribution in [1.29, 1.82) is 0 Å². The molecule has 0 saturated carbocycles. The van der Waals surface area contributed by atoms with E-state index in [9.17, 15) is 8.42 Å². The molecule has 1 saturated heterocycles. The minimum absolute atomic E-state index is 0.0302. The van der Waals surface area contributed by atoms with Crippen molar-refractivity contribution in [2.45, 2.75) is 38.1 Å². The van der Waals surface area contributed by atoms with E-state index in [4.69, 9.17) is 0 Å². The molecule has 0 bridgehead atoms. The Bertz CT molecular complexity index is 1150. The molecule has 4 heterocycles. The summed E-state index contributed by atoms with van der Waals surface area (Å²) >= 11 is 0. The largest absolute Gasteiger partial charge is 0.348 e. The van der Waals surface area contributed by atoms with Gasteiger partial charge in [-0.15, -0.1) is 0 Å². The van der Waals surface area contributed by atoms with Crippen molar-refractivity contribution in [1.82, 2.24) is 15.2 Å². The van der Waals surface area contributed by atoms with Crippen LogP contribution in [0.2, 0.25) is 0 Å².